The second-order valence-corrected chi connectivity index (χ2v) is 6.36. The Morgan fingerprint density at radius 2 is 1.96 bits per heavy atom. The summed E-state index contributed by atoms with van der Waals surface area (Å²) < 4.78 is 5.25. The lowest BCUT2D eigenvalue weighted by Gasteiger charge is -2.32. The molecule has 0 spiro atoms. The maximum atomic E-state index is 12.9. The predicted molar refractivity (Wildman–Crippen MR) is 94.1 cm³/mol. The highest BCUT2D eigenvalue weighted by Gasteiger charge is 2.32. The summed E-state index contributed by atoms with van der Waals surface area (Å²) in [4.78, 5) is 15.1. The van der Waals surface area contributed by atoms with Crippen LogP contribution in [0.25, 0.3) is 0 Å². The molecule has 23 heavy (non-hydrogen) atoms. The molecule has 4 nitrogen and oxygen atoms in total. The molecule has 128 valence electrons. The summed E-state index contributed by atoms with van der Waals surface area (Å²) in [6, 6.07) is 8.45. The van der Waals surface area contributed by atoms with Crippen LogP contribution in [0.4, 0.5) is 0 Å². The van der Waals surface area contributed by atoms with E-state index in [1.54, 1.807) is 7.11 Å². The molecule has 2 aliphatic heterocycles. The molecule has 2 atom stereocenters. The van der Waals surface area contributed by atoms with Crippen LogP contribution < -0.4 is 10.1 Å². The van der Waals surface area contributed by atoms with Gasteiger partial charge >= 0.3 is 0 Å². The zero-order chi connectivity index (χ0) is 15.4. The number of hydrogen-bond donors (Lipinski definition) is 1. The van der Waals surface area contributed by atoms with Gasteiger partial charge in [-0.05, 0) is 43.5 Å². The number of likely N-dealkylation sites (tertiary alicyclic amines) is 1. The summed E-state index contributed by atoms with van der Waals surface area (Å²) in [6.45, 7) is 2.70. The van der Waals surface area contributed by atoms with E-state index in [1.165, 1.54) is 18.4 Å². The first-order valence-corrected chi connectivity index (χ1v) is 8.45. The molecule has 1 aromatic rings. The summed E-state index contributed by atoms with van der Waals surface area (Å²) in [7, 11) is 1.68. The molecule has 1 N–H and O–H groups in total. The normalized spacial score (nSPS) is 24.7. The van der Waals surface area contributed by atoms with E-state index in [9.17, 15) is 4.79 Å². The van der Waals surface area contributed by atoms with Crippen molar-refractivity contribution in [3.8, 4) is 5.75 Å². The molecule has 2 unspecified atom stereocenters. The van der Waals surface area contributed by atoms with Crippen molar-refractivity contribution >= 4 is 18.3 Å². The van der Waals surface area contributed by atoms with Gasteiger partial charge in [-0.3, -0.25) is 4.79 Å². The molecule has 1 amide bonds. The fourth-order valence-electron chi connectivity index (χ4n) is 3.64. The highest BCUT2D eigenvalue weighted by molar-refractivity contribution is 5.85. The minimum atomic E-state index is 0. The largest absolute Gasteiger partial charge is 0.497 e. The minimum Gasteiger partial charge on any atom is -0.497 e. The summed E-state index contributed by atoms with van der Waals surface area (Å²) in [6.07, 6.45) is 5.59. The molecule has 0 aromatic heterocycles. The standard InChI is InChI=1S/C18H26N2O2.ClH/c1-22-16-8-6-14(7-9-16)17-5-3-2-4-12-20(17)18(21)15-10-11-19-13-15;/h6-9,15,17,19H,2-5,10-13H2,1H3;1H. The van der Waals surface area contributed by atoms with E-state index >= 15 is 0 Å². The van der Waals surface area contributed by atoms with Crippen LogP contribution in [-0.4, -0.2) is 37.6 Å². The van der Waals surface area contributed by atoms with Crippen molar-refractivity contribution < 1.29 is 9.53 Å². The van der Waals surface area contributed by atoms with E-state index in [0.717, 1.165) is 44.6 Å². The molecule has 0 radical (unpaired) electrons. The number of nitrogens with zero attached hydrogens (tertiary/aromatic N) is 1. The van der Waals surface area contributed by atoms with Crippen LogP contribution in [0.3, 0.4) is 0 Å². The van der Waals surface area contributed by atoms with Crippen molar-refractivity contribution in [3.05, 3.63) is 29.8 Å². The molecule has 2 aliphatic rings. The number of hydrogen-bond acceptors (Lipinski definition) is 3. The molecule has 2 fully saturated rings. The second-order valence-electron chi connectivity index (χ2n) is 6.36. The molecular formula is C18H27ClN2O2. The Labute approximate surface area is 145 Å². The highest BCUT2D eigenvalue weighted by Crippen LogP contribution is 2.32. The Kier molecular flexibility index (Phi) is 6.72. The molecule has 0 saturated carbocycles. The van der Waals surface area contributed by atoms with Crippen LogP contribution in [0.5, 0.6) is 5.75 Å². The summed E-state index contributed by atoms with van der Waals surface area (Å²) in [5, 5.41) is 3.31. The number of carbonyl (C=O) groups excluding carboxylic acids is 1. The lowest BCUT2D eigenvalue weighted by molar-refractivity contribution is -0.137. The van der Waals surface area contributed by atoms with Gasteiger partial charge in [-0.25, -0.2) is 0 Å². The number of methoxy groups -OCH3 is 1. The van der Waals surface area contributed by atoms with Crippen LogP contribution >= 0.6 is 12.4 Å². The van der Waals surface area contributed by atoms with Crippen LogP contribution in [-0.2, 0) is 4.79 Å². The van der Waals surface area contributed by atoms with E-state index in [1.807, 2.05) is 12.1 Å². The van der Waals surface area contributed by atoms with E-state index < -0.39 is 0 Å². The van der Waals surface area contributed by atoms with Gasteiger partial charge in [-0.15, -0.1) is 12.4 Å². The number of rotatable bonds is 3. The molecule has 0 bridgehead atoms. The van der Waals surface area contributed by atoms with E-state index in [2.05, 4.69) is 22.3 Å². The Hall–Kier alpha value is -1.26. The molecular weight excluding hydrogens is 312 g/mol. The summed E-state index contributed by atoms with van der Waals surface area (Å²) >= 11 is 0. The van der Waals surface area contributed by atoms with Gasteiger partial charge in [0.05, 0.1) is 19.1 Å². The van der Waals surface area contributed by atoms with Gasteiger partial charge in [0.2, 0.25) is 5.91 Å². The minimum absolute atomic E-state index is 0. The third-order valence-corrected chi connectivity index (χ3v) is 4.95. The highest BCUT2D eigenvalue weighted by atomic mass is 35.5. The molecule has 0 aliphatic carbocycles. The first kappa shape index (κ1) is 18.1. The number of nitrogens with one attached hydrogen (secondary N) is 1. The number of halogens is 1. The Morgan fingerprint density at radius 3 is 2.61 bits per heavy atom. The summed E-state index contributed by atoms with van der Waals surface area (Å²) in [5.74, 6) is 1.38. The third-order valence-electron chi connectivity index (χ3n) is 4.95. The zero-order valence-electron chi connectivity index (χ0n) is 13.8. The SMILES string of the molecule is COc1ccc(C2CCCCCN2C(=O)C2CCNC2)cc1.Cl. The monoisotopic (exact) mass is 338 g/mol. The van der Waals surface area contributed by atoms with Crippen molar-refractivity contribution in [2.45, 2.75) is 38.1 Å². The van der Waals surface area contributed by atoms with Crippen molar-refractivity contribution in [2.24, 2.45) is 5.92 Å². The van der Waals surface area contributed by atoms with Gasteiger partial charge in [-0.1, -0.05) is 25.0 Å². The van der Waals surface area contributed by atoms with Crippen LogP contribution in [0.1, 0.15) is 43.7 Å². The van der Waals surface area contributed by atoms with Crippen molar-refractivity contribution in [1.82, 2.24) is 10.2 Å². The van der Waals surface area contributed by atoms with Gasteiger partial charge in [0, 0.05) is 13.1 Å². The number of amides is 1. The quantitative estimate of drug-likeness (QED) is 0.920. The van der Waals surface area contributed by atoms with Crippen molar-refractivity contribution in [1.29, 1.82) is 0 Å². The fourth-order valence-corrected chi connectivity index (χ4v) is 3.64. The van der Waals surface area contributed by atoms with Gasteiger partial charge < -0.3 is 15.0 Å². The average Bonchev–Trinajstić information content (AvgIpc) is 2.99. The zero-order valence-corrected chi connectivity index (χ0v) is 14.6. The fraction of sp³-hybridized carbons (Fsp3) is 0.611. The van der Waals surface area contributed by atoms with Crippen molar-refractivity contribution in [2.75, 3.05) is 26.7 Å². The molecule has 1 aromatic carbocycles. The number of benzene rings is 1. The first-order valence-electron chi connectivity index (χ1n) is 8.45. The Morgan fingerprint density at radius 1 is 1.17 bits per heavy atom. The third kappa shape index (κ3) is 4.18. The van der Waals surface area contributed by atoms with E-state index in [4.69, 9.17) is 4.74 Å². The Bertz CT molecular complexity index is 500. The Balaban J connectivity index is 0.00000192. The van der Waals surface area contributed by atoms with Crippen LogP contribution in [0.2, 0.25) is 0 Å². The van der Waals surface area contributed by atoms with Crippen LogP contribution in [0.15, 0.2) is 24.3 Å². The number of ether oxygens (including phenoxy) is 1. The molecule has 2 heterocycles. The van der Waals surface area contributed by atoms with E-state index in [-0.39, 0.29) is 24.4 Å². The molecule has 3 rings (SSSR count). The molecule has 2 saturated heterocycles. The predicted octanol–water partition coefficient (Wildman–Crippen LogP) is 3.17. The van der Waals surface area contributed by atoms with Gasteiger partial charge in [-0.2, -0.15) is 0 Å². The maximum absolute atomic E-state index is 12.9. The summed E-state index contributed by atoms with van der Waals surface area (Å²) in [5.41, 5.74) is 1.24. The van der Waals surface area contributed by atoms with Gasteiger partial charge in [0.25, 0.3) is 0 Å². The van der Waals surface area contributed by atoms with E-state index in [0.29, 0.717) is 5.91 Å². The second kappa shape index (κ2) is 8.55. The first-order chi connectivity index (χ1) is 10.8. The topological polar surface area (TPSA) is 41.6 Å². The average molecular weight is 339 g/mol. The smallest absolute Gasteiger partial charge is 0.227 e. The van der Waals surface area contributed by atoms with Gasteiger partial charge in [0.15, 0.2) is 0 Å². The maximum Gasteiger partial charge on any atom is 0.227 e. The van der Waals surface area contributed by atoms with Crippen LogP contribution in [0, 0.1) is 5.92 Å². The van der Waals surface area contributed by atoms with Crippen molar-refractivity contribution in [3.63, 3.8) is 0 Å². The lowest BCUT2D eigenvalue weighted by atomic mass is 9.98. The van der Waals surface area contributed by atoms with Gasteiger partial charge in [0.1, 0.15) is 5.75 Å². The number of carbonyl (C=O) groups is 1. The molecule has 5 heteroatoms. The lowest BCUT2D eigenvalue weighted by Crippen LogP contribution is -2.39.